The standard InChI is InChI=1S/C15H22N4/c1-10(2)16-8-14-6-7-15(17-9-14)19-13(5)11(3)12(4)18-19/h6-7,9-10,16H,8H2,1-5H3. The van der Waals surface area contributed by atoms with Crippen LogP contribution in [0.2, 0.25) is 0 Å². The summed E-state index contributed by atoms with van der Waals surface area (Å²) in [7, 11) is 0. The van der Waals surface area contributed by atoms with Crippen molar-refractivity contribution in [2.75, 3.05) is 0 Å². The van der Waals surface area contributed by atoms with E-state index in [1.54, 1.807) is 0 Å². The van der Waals surface area contributed by atoms with Crippen LogP contribution in [-0.4, -0.2) is 20.8 Å². The molecule has 0 fully saturated rings. The molecule has 2 aromatic heterocycles. The summed E-state index contributed by atoms with van der Waals surface area (Å²) < 4.78 is 1.91. The van der Waals surface area contributed by atoms with Crippen LogP contribution in [0.4, 0.5) is 0 Å². The highest BCUT2D eigenvalue weighted by molar-refractivity contribution is 5.32. The fourth-order valence-electron chi connectivity index (χ4n) is 1.91. The quantitative estimate of drug-likeness (QED) is 0.917. The predicted octanol–water partition coefficient (Wildman–Crippen LogP) is 2.69. The molecule has 2 rings (SSSR count). The van der Waals surface area contributed by atoms with Gasteiger partial charge in [0.25, 0.3) is 0 Å². The molecule has 0 atom stereocenters. The van der Waals surface area contributed by atoms with Crippen LogP contribution in [0.5, 0.6) is 0 Å². The number of rotatable bonds is 4. The maximum absolute atomic E-state index is 4.52. The number of hydrogen-bond acceptors (Lipinski definition) is 3. The van der Waals surface area contributed by atoms with Crippen molar-refractivity contribution in [2.24, 2.45) is 0 Å². The Morgan fingerprint density at radius 1 is 1.21 bits per heavy atom. The van der Waals surface area contributed by atoms with Gasteiger partial charge in [0.05, 0.1) is 5.69 Å². The summed E-state index contributed by atoms with van der Waals surface area (Å²) in [5, 5.41) is 7.91. The molecule has 0 spiro atoms. The van der Waals surface area contributed by atoms with E-state index in [0.29, 0.717) is 6.04 Å². The molecular weight excluding hydrogens is 236 g/mol. The van der Waals surface area contributed by atoms with Gasteiger partial charge < -0.3 is 5.32 Å². The summed E-state index contributed by atoms with van der Waals surface area (Å²) in [6.07, 6.45) is 1.91. The van der Waals surface area contributed by atoms with Crippen LogP contribution in [0.25, 0.3) is 5.82 Å². The lowest BCUT2D eigenvalue weighted by atomic mass is 10.2. The van der Waals surface area contributed by atoms with Gasteiger partial charge in [-0.15, -0.1) is 0 Å². The minimum absolute atomic E-state index is 0.485. The minimum Gasteiger partial charge on any atom is -0.310 e. The van der Waals surface area contributed by atoms with E-state index >= 15 is 0 Å². The molecule has 4 heteroatoms. The molecular formula is C15H22N4. The normalized spacial score (nSPS) is 11.3. The summed E-state index contributed by atoms with van der Waals surface area (Å²) in [5.74, 6) is 0.877. The molecule has 0 aliphatic rings. The largest absolute Gasteiger partial charge is 0.310 e. The first-order valence-electron chi connectivity index (χ1n) is 6.70. The van der Waals surface area contributed by atoms with Crippen molar-refractivity contribution in [3.63, 3.8) is 0 Å². The molecule has 1 N–H and O–H groups in total. The van der Waals surface area contributed by atoms with Crippen LogP contribution >= 0.6 is 0 Å². The third-order valence-corrected chi connectivity index (χ3v) is 3.39. The Morgan fingerprint density at radius 2 is 1.95 bits per heavy atom. The summed E-state index contributed by atoms with van der Waals surface area (Å²) in [6.45, 7) is 11.3. The zero-order valence-electron chi connectivity index (χ0n) is 12.4. The lowest BCUT2D eigenvalue weighted by Crippen LogP contribution is -2.21. The van der Waals surface area contributed by atoms with Crippen molar-refractivity contribution in [3.05, 3.63) is 40.8 Å². The molecule has 0 aliphatic heterocycles. The van der Waals surface area contributed by atoms with E-state index in [9.17, 15) is 0 Å². The monoisotopic (exact) mass is 258 g/mol. The average Bonchev–Trinajstić information content (AvgIpc) is 2.65. The van der Waals surface area contributed by atoms with E-state index < -0.39 is 0 Å². The summed E-state index contributed by atoms with van der Waals surface area (Å²) in [4.78, 5) is 4.50. The van der Waals surface area contributed by atoms with Gasteiger partial charge in [-0.2, -0.15) is 5.10 Å². The molecule has 0 aromatic carbocycles. The van der Waals surface area contributed by atoms with Gasteiger partial charge >= 0.3 is 0 Å². The first kappa shape index (κ1) is 13.7. The first-order valence-corrected chi connectivity index (χ1v) is 6.70. The molecule has 4 nitrogen and oxygen atoms in total. The Bertz CT molecular complexity index is 552. The smallest absolute Gasteiger partial charge is 0.153 e. The van der Waals surface area contributed by atoms with Gasteiger partial charge in [0.2, 0.25) is 0 Å². The molecule has 19 heavy (non-hydrogen) atoms. The van der Waals surface area contributed by atoms with Crippen molar-refractivity contribution >= 4 is 0 Å². The average molecular weight is 258 g/mol. The number of aromatic nitrogens is 3. The van der Waals surface area contributed by atoms with Crippen molar-refractivity contribution in [1.82, 2.24) is 20.1 Å². The molecule has 0 amide bonds. The molecule has 0 radical (unpaired) electrons. The van der Waals surface area contributed by atoms with Crippen LogP contribution in [0.15, 0.2) is 18.3 Å². The van der Waals surface area contributed by atoms with Crippen molar-refractivity contribution < 1.29 is 0 Å². The Balaban J connectivity index is 2.20. The summed E-state index contributed by atoms with van der Waals surface area (Å²) in [6, 6.07) is 4.61. The van der Waals surface area contributed by atoms with Gasteiger partial charge in [-0.05, 0) is 38.0 Å². The third-order valence-electron chi connectivity index (χ3n) is 3.39. The third kappa shape index (κ3) is 3.01. The molecule has 0 saturated carbocycles. The van der Waals surface area contributed by atoms with Crippen LogP contribution in [0.1, 0.15) is 36.4 Å². The zero-order valence-corrected chi connectivity index (χ0v) is 12.4. The fourth-order valence-corrected chi connectivity index (χ4v) is 1.91. The molecule has 2 aromatic rings. The van der Waals surface area contributed by atoms with Crippen molar-refractivity contribution in [1.29, 1.82) is 0 Å². The number of aryl methyl sites for hydroxylation is 1. The molecule has 0 unspecified atom stereocenters. The van der Waals surface area contributed by atoms with E-state index in [4.69, 9.17) is 0 Å². The van der Waals surface area contributed by atoms with Crippen LogP contribution in [0.3, 0.4) is 0 Å². The van der Waals surface area contributed by atoms with E-state index in [0.717, 1.165) is 23.8 Å². The van der Waals surface area contributed by atoms with Gasteiger partial charge in [0.1, 0.15) is 0 Å². The van der Waals surface area contributed by atoms with Crippen molar-refractivity contribution in [2.45, 2.75) is 47.2 Å². The molecule has 0 saturated heterocycles. The van der Waals surface area contributed by atoms with Gasteiger partial charge in [-0.3, -0.25) is 0 Å². The Kier molecular flexibility index (Phi) is 4.00. The molecule has 0 bridgehead atoms. The Hall–Kier alpha value is -1.68. The second kappa shape index (κ2) is 5.53. The highest BCUT2D eigenvalue weighted by atomic mass is 15.3. The SMILES string of the molecule is Cc1nn(-c2ccc(CNC(C)C)cn2)c(C)c1C. The maximum atomic E-state index is 4.52. The topological polar surface area (TPSA) is 42.7 Å². The molecule has 2 heterocycles. The van der Waals surface area contributed by atoms with Crippen LogP contribution in [0, 0.1) is 20.8 Å². The maximum Gasteiger partial charge on any atom is 0.153 e. The van der Waals surface area contributed by atoms with Crippen LogP contribution < -0.4 is 5.32 Å². The van der Waals surface area contributed by atoms with E-state index in [1.807, 2.05) is 23.9 Å². The summed E-state index contributed by atoms with van der Waals surface area (Å²) >= 11 is 0. The number of hydrogen-bond donors (Lipinski definition) is 1. The van der Waals surface area contributed by atoms with E-state index in [-0.39, 0.29) is 0 Å². The zero-order chi connectivity index (χ0) is 14.0. The van der Waals surface area contributed by atoms with Crippen molar-refractivity contribution in [3.8, 4) is 5.82 Å². The van der Waals surface area contributed by atoms with Gasteiger partial charge in [0.15, 0.2) is 5.82 Å². The lowest BCUT2D eigenvalue weighted by Gasteiger charge is -2.09. The highest BCUT2D eigenvalue weighted by Gasteiger charge is 2.09. The predicted molar refractivity (Wildman–Crippen MR) is 77.5 cm³/mol. The highest BCUT2D eigenvalue weighted by Crippen LogP contribution is 2.15. The minimum atomic E-state index is 0.485. The van der Waals surface area contributed by atoms with Gasteiger partial charge in [0, 0.05) is 24.5 Å². The number of nitrogens with zero attached hydrogens (tertiary/aromatic N) is 3. The van der Waals surface area contributed by atoms with E-state index in [1.165, 1.54) is 11.1 Å². The van der Waals surface area contributed by atoms with Crippen LogP contribution in [-0.2, 0) is 6.54 Å². The Morgan fingerprint density at radius 3 is 2.42 bits per heavy atom. The summed E-state index contributed by atoms with van der Waals surface area (Å²) in [5.41, 5.74) is 4.63. The second-order valence-corrected chi connectivity index (χ2v) is 5.27. The fraction of sp³-hybridized carbons (Fsp3) is 0.467. The molecule has 0 aliphatic carbocycles. The van der Waals surface area contributed by atoms with E-state index in [2.05, 4.69) is 49.2 Å². The van der Waals surface area contributed by atoms with Gasteiger partial charge in [-0.25, -0.2) is 9.67 Å². The number of pyridine rings is 1. The first-order chi connectivity index (χ1) is 8.99. The Labute approximate surface area is 114 Å². The molecule has 102 valence electrons. The number of nitrogens with one attached hydrogen (secondary N) is 1. The van der Waals surface area contributed by atoms with Gasteiger partial charge in [-0.1, -0.05) is 19.9 Å². The second-order valence-electron chi connectivity index (χ2n) is 5.27. The lowest BCUT2D eigenvalue weighted by molar-refractivity contribution is 0.587.